The molecule has 2 aromatic carbocycles. The zero-order chi connectivity index (χ0) is 17.6. The molecule has 0 saturated carbocycles. The smallest absolute Gasteiger partial charge is 0.338 e. The van der Waals surface area contributed by atoms with Crippen LogP contribution in [0.25, 0.3) is 0 Å². The molecule has 1 aliphatic heterocycles. The fourth-order valence-electron chi connectivity index (χ4n) is 3.20. The van der Waals surface area contributed by atoms with Gasteiger partial charge in [-0.1, -0.05) is 43.7 Å². The van der Waals surface area contributed by atoms with Crippen molar-refractivity contribution in [2.75, 3.05) is 5.32 Å². The maximum Gasteiger partial charge on any atom is 0.338 e. The molecular weight excluding hydrogens is 314 g/mol. The molecule has 0 spiro atoms. The van der Waals surface area contributed by atoms with Gasteiger partial charge in [0.05, 0.1) is 5.56 Å². The Morgan fingerprint density at radius 2 is 1.96 bits per heavy atom. The number of rotatable bonds is 7. The van der Waals surface area contributed by atoms with E-state index in [0.29, 0.717) is 5.56 Å². The number of esters is 1. The van der Waals surface area contributed by atoms with Crippen molar-refractivity contribution in [1.82, 2.24) is 0 Å². The molecule has 1 N–H and O–H groups in total. The third-order valence-corrected chi connectivity index (χ3v) is 4.58. The van der Waals surface area contributed by atoms with Crippen molar-refractivity contribution in [2.24, 2.45) is 5.92 Å². The molecule has 1 aliphatic rings. The van der Waals surface area contributed by atoms with Gasteiger partial charge in [-0.3, -0.25) is 4.79 Å². The highest BCUT2D eigenvalue weighted by Crippen LogP contribution is 2.24. The van der Waals surface area contributed by atoms with Gasteiger partial charge in [-0.15, -0.1) is 0 Å². The number of carbonyl (C=O) groups excluding carboxylic acids is 2. The monoisotopic (exact) mass is 337 g/mol. The predicted octanol–water partition coefficient (Wildman–Crippen LogP) is 4.34. The third kappa shape index (κ3) is 4.27. The van der Waals surface area contributed by atoms with Gasteiger partial charge in [0, 0.05) is 17.2 Å². The van der Waals surface area contributed by atoms with Gasteiger partial charge in [-0.05, 0) is 43.0 Å². The SMILES string of the molecule is CCCC(CCc1ccccc1)C(=O)Nc1ccc2c(c1)COC2=O. The second kappa shape index (κ2) is 7.97. The first kappa shape index (κ1) is 17.2. The summed E-state index contributed by atoms with van der Waals surface area (Å²) in [6.07, 6.45) is 3.56. The van der Waals surface area contributed by atoms with E-state index in [9.17, 15) is 9.59 Å². The Morgan fingerprint density at radius 1 is 1.16 bits per heavy atom. The predicted molar refractivity (Wildman–Crippen MR) is 97.4 cm³/mol. The first-order valence-electron chi connectivity index (χ1n) is 8.82. The van der Waals surface area contributed by atoms with Gasteiger partial charge in [-0.2, -0.15) is 0 Å². The summed E-state index contributed by atoms with van der Waals surface area (Å²) < 4.78 is 5.01. The Hall–Kier alpha value is -2.62. The molecular formula is C21H23NO3. The highest BCUT2D eigenvalue weighted by molar-refractivity contribution is 5.96. The molecule has 0 bridgehead atoms. The molecule has 0 radical (unpaired) electrons. The normalized spacial score (nSPS) is 13.9. The van der Waals surface area contributed by atoms with Gasteiger partial charge in [0.25, 0.3) is 0 Å². The Bertz CT molecular complexity index is 755. The molecule has 0 saturated heterocycles. The number of carbonyl (C=O) groups is 2. The lowest BCUT2D eigenvalue weighted by atomic mass is 9.94. The van der Waals surface area contributed by atoms with Crippen LogP contribution in [0.1, 0.15) is 47.7 Å². The van der Waals surface area contributed by atoms with E-state index in [4.69, 9.17) is 4.74 Å². The Labute approximate surface area is 148 Å². The van der Waals surface area contributed by atoms with Crippen LogP contribution in [0.4, 0.5) is 5.69 Å². The molecule has 4 nitrogen and oxygen atoms in total. The number of hydrogen-bond donors (Lipinski definition) is 1. The van der Waals surface area contributed by atoms with E-state index in [2.05, 4.69) is 24.4 Å². The maximum atomic E-state index is 12.7. The summed E-state index contributed by atoms with van der Waals surface area (Å²) in [4.78, 5) is 24.2. The standard InChI is InChI=1S/C21H23NO3/c1-2-6-16(10-9-15-7-4-3-5-8-15)20(23)22-18-11-12-19-17(13-18)14-25-21(19)24/h3-5,7-8,11-13,16H,2,6,9-10,14H2,1H3,(H,22,23). The number of cyclic esters (lactones) is 1. The minimum absolute atomic E-state index is 0.0173. The second-order valence-electron chi connectivity index (χ2n) is 6.45. The number of aryl methyl sites for hydroxylation is 1. The van der Waals surface area contributed by atoms with E-state index in [1.54, 1.807) is 12.1 Å². The lowest BCUT2D eigenvalue weighted by Crippen LogP contribution is -2.23. The van der Waals surface area contributed by atoms with Gasteiger partial charge in [0.2, 0.25) is 5.91 Å². The number of ether oxygens (including phenoxy) is 1. The molecule has 1 unspecified atom stereocenters. The number of anilines is 1. The zero-order valence-corrected chi connectivity index (χ0v) is 14.5. The first-order chi connectivity index (χ1) is 12.2. The van der Waals surface area contributed by atoms with E-state index in [1.165, 1.54) is 5.56 Å². The van der Waals surface area contributed by atoms with E-state index in [-0.39, 0.29) is 24.4 Å². The van der Waals surface area contributed by atoms with Crippen LogP contribution >= 0.6 is 0 Å². The molecule has 1 amide bonds. The van der Waals surface area contributed by atoms with Crippen LogP contribution in [0.15, 0.2) is 48.5 Å². The number of fused-ring (bicyclic) bond motifs is 1. The summed E-state index contributed by atoms with van der Waals surface area (Å²) in [6, 6.07) is 15.6. The van der Waals surface area contributed by atoms with Crippen molar-refractivity contribution in [1.29, 1.82) is 0 Å². The Morgan fingerprint density at radius 3 is 2.72 bits per heavy atom. The fraction of sp³-hybridized carbons (Fsp3) is 0.333. The molecule has 1 atom stereocenters. The average molecular weight is 337 g/mol. The zero-order valence-electron chi connectivity index (χ0n) is 14.5. The third-order valence-electron chi connectivity index (χ3n) is 4.58. The van der Waals surface area contributed by atoms with Crippen LogP contribution in [-0.2, 0) is 22.6 Å². The highest BCUT2D eigenvalue weighted by Gasteiger charge is 2.22. The van der Waals surface area contributed by atoms with Crippen molar-refractivity contribution in [3.05, 3.63) is 65.2 Å². The number of benzene rings is 2. The Kier molecular flexibility index (Phi) is 5.49. The van der Waals surface area contributed by atoms with Crippen molar-refractivity contribution in [3.8, 4) is 0 Å². The average Bonchev–Trinajstić information content (AvgIpc) is 3.00. The molecule has 2 aromatic rings. The molecule has 0 aromatic heterocycles. The summed E-state index contributed by atoms with van der Waals surface area (Å²) >= 11 is 0. The van der Waals surface area contributed by atoms with Crippen LogP contribution in [0.3, 0.4) is 0 Å². The van der Waals surface area contributed by atoms with Gasteiger partial charge in [0.1, 0.15) is 6.61 Å². The van der Waals surface area contributed by atoms with E-state index < -0.39 is 0 Å². The first-order valence-corrected chi connectivity index (χ1v) is 8.82. The summed E-state index contributed by atoms with van der Waals surface area (Å²) in [6.45, 7) is 2.38. The van der Waals surface area contributed by atoms with E-state index in [1.807, 2.05) is 24.3 Å². The Balaban J connectivity index is 1.63. The van der Waals surface area contributed by atoms with Crippen LogP contribution in [-0.4, -0.2) is 11.9 Å². The van der Waals surface area contributed by atoms with Gasteiger partial charge >= 0.3 is 5.97 Å². The van der Waals surface area contributed by atoms with Gasteiger partial charge < -0.3 is 10.1 Å². The summed E-state index contributed by atoms with van der Waals surface area (Å²) in [7, 11) is 0. The maximum absolute atomic E-state index is 12.7. The van der Waals surface area contributed by atoms with E-state index in [0.717, 1.165) is 36.9 Å². The van der Waals surface area contributed by atoms with Gasteiger partial charge in [-0.25, -0.2) is 4.79 Å². The molecule has 25 heavy (non-hydrogen) atoms. The molecule has 1 heterocycles. The summed E-state index contributed by atoms with van der Waals surface area (Å²) in [5, 5.41) is 3.00. The number of nitrogens with one attached hydrogen (secondary N) is 1. The van der Waals surface area contributed by atoms with Crippen molar-refractivity contribution in [3.63, 3.8) is 0 Å². The summed E-state index contributed by atoms with van der Waals surface area (Å²) in [5.41, 5.74) is 3.40. The number of amides is 1. The van der Waals surface area contributed by atoms with Crippen LogP contribution in [0.2, 0.25) is 0 Å². The molecule has 3 rings (SSSR count). The van der Waals surface area contributed by atoms with Crippen molar-refractivity contribution < 1.29 is 14.3 Å². The largest absolute Gasteiger partial charge is 0.457 e. The van der Waals surface area contributed by atoms with Crippen LogP contribution < -0.4 is 5.32 Å². The molecule has 130 valence electrons. The van der Waals surface area contributed by atoms with E-state index >= 15 is 0 Å². The highest BCUT2D eigenvalue weighted by atomic mass is 16.5. The fourth-order valence-corrected chi connectivity index (χ4v) is 3.20. The minimum Gasteiger partial charge on any atom is -0.457 e. The molecule has 0 aliphatic carbocycles. The van der Waals surface area contributed by atoms with Crippen LogP contribution in [0.5, 0.6) is 0 Å². The summed E-state index contributed by atoms with van der Waals surface area (Å²) in [5.74, 6) is -0.265. The second-order valence-corrected chi connectivity index (χ2v) is 6.45. The molecule has 0 fully saturated rings. The van der Waals surface area contributed by atoms with Gasteiger partial charge in [0.15, 0.2) is 0 Å². The lowest BCUT2D eigenvalue weighted by Gasteiger charge is -2.16. The lowest BCUT2D eigenvalue weighted by molar-refractivity contribution is -0.120. The minimum atomic E-state index is -0.292. The topological polar surface area (TPSA) is 55.4 Å². The van der Waals surface area contributed by atoms with Crippen molar-refractivity contribution in [2.45, 2.75) is 39.2 Å². The quantitative estimate of drug-likeness (QED) is 0.765. The number of hydrogen-bond acceptors (Lipinski definition) is 3. The van der Waals surface area contributed by atoms with Crippen molar-refractivity contribution >= 4 is 17.6 Å². The molecule has 4 heteroatoms. The van der Waals surface area contributed by atoms with Crippen LogP contribution in [0, 0.1) is 5.92 Å².